The predicted octanol–water partition coefficient (Wildman–Crippen LogP) is 3.05. The van der Waals surface area contributed by atoms with E-state index in [1.54, 1.807) is 30.5 Å². The second-order valence-corrected chi connectivity index (χ2v) is 7.68. The van der Waals surface area contributed by atoms with Gasteiger partial charge in [-0.25, -0.2) is 14.3 Å². The summed E-state index contributed by atoms with van der Waals surface area (Å²) in [6.45, 7) is 0.640. The molecular weight excluding hydrogens is 487 g/mol. The maximum absolute atomic E-state index is 13.5. The van der Waals surface area contributed by atoms with Crippen LogP contribution in [0.5, 0.6) is 0 Å². The third-order valence-electron chi connectivity index (χ3n) is 5.27. The molecule has 0 unspecified atom stereocenters. The van der Waals surface area contributed by atoms with Gasteiger partial charge in [0.05, 0.1) is 17.1 Å². The van der Waals surface area contributed by atoms with Crippen molar-refractivity contribution in [1.29, 1.82) is 0 Å². The Morgan fingerprint density at radius 1 is 1.16 bits per heavy atom. The zero-order chi connectivity index (χ0) is 26.5. The van der Waals surface area contributed by atoms with E-state index in [0.717, 1.165) is 12.1 Å². The molecule has 0 atom stereocenters. The number of ether oxygens (including phenoxy) is 1. The molecule has 4 rings (SSSR count). The van der Waals surface area contributed by atoms with Gasteiger partial charge in [-0.15, -0.1) is 0 Å². The lowest BCUT2D eigenvalue weighted by Gasteiger charge is -2.10. The number of aromatic nitrogens is 3. The third-order valence-corrected chi connectivity index (χ3v) is 5.27. The lowest BCUT2D eigenvalue weighted by molar-refractivity contribution is -0.387. The molecule has 0 aliphatic heterocycles. The first-order valence-corrected chi connectivity index (χ1v) is 10.8. The Balaban J connectivity index is 1.57. The van der Waals surface area contributed by atoms with Crippen LogP contribution in [0.15, 0.2) is 55.0 Å². The Hall–Kier alpha value is -5.11. The van der Waals surface area contributed by atoms with Crippen molar-refractivity contribution >= 4 is 40.3 Å². The van der Waals surface area contributed by atoms with Crippen LogP contribution in [0.4, 0.5) is 32.1 Å². The lowest BCUT2D eigenvalue weighted by Crippen LogP contribution is -2.27. The number of anilines is 3. The van der Waals surface area contributed by atoms with E-state index in [2.05, 4.69) is 26.0 Å². The standard InChI is InChI=1S/C23H21FN8O5/c1-37-9-8-26-22(33)16-11-31-20(21(25)27-12-28-31)19(16)13-2-4-14(5-3-13)29-23(34)30-15-6-7-17(24)18(10-15)32(35)36/h2-7,10-12H,8-9H2,1H3,(H,26,33)(H2,25,27,28)(H2,29,30,34). The van der Waals surface area contributed by atoms with E-state index in [1.807, 2.05) is 0 Å². The molecule has 0 bridgehead atoms. The molecule has 0 saturated carbocycles. The number of nitrogens with zero attached hydrogens (tertiary/aromatic N) is 4. The van der Waals surface area contributed by atoms with Gasteiger partial charge in [0.25, 0.3) is 5.91 Å². The summed E-state index contributed by atoms with van der Waals surface area (Å²) in [7, 11) is 1.53. The first kappa shape index (κ1) is 25.0. The molecule has 2 aromatic carbocycles. The molecular formula is C23H21FN8O5. The number of nitrogen functional groups attached to an aromatic ring is 1. The summed E-state index contributed by atoms with van der Waals surface area (Å²) < 4.78 is 20.0. The molecule has 2 aromatic heterocycles. The fourth-order valence-electron chi connectivity index (χ4n) is 3.61. The van der Waals surface area contributed by atoms with Crippen LogP contribution in [0.25, 0.3) is 16.6 Å². The van der Waals surface area contributed by atoms with Crippen molar-refractivity contribution in [3.8, 4) is 11.1 Å². The highest BCUT2D eigenvalue weighted by Crippen LogP contribution is 2.33. The number of nitrogens with one attached hydrogen (secondary N) is 3. The Kier molecular flexibility index (Phi) is 7.20. The maximum Gasteiger partial charge on any atom is 0.323 e. The first-order chi connectivity index (χ1) is 17.8. The molecule has 3 amide bonds. The number of nitro benzene ring substituents is 1. The minimum absolute atomic E-state index is 0.0436. The summed E-state index contributed by atoms with van der Waals surface area (Å²) in [6, 6.07) is 8.85. The smallest absolute Gasteiger partial charge is 0.323 e. The number of nitrogens with two attached hydrogens (primary N) is 1. The quantitative estimate of drug-likeness (QED) is 0.159. The van der Waals surface area contributed by atoms with Crippen LogP contribution in [0.3, 0.4) is 0 Å². The minimum atomic E-state index is -1.01. The monoisotopic (exact) mass is 508 g/mol. The van der Waals surface area contributed by atoms with Gasteiger partial charge in [0, 0.05) is 42.9 Å². The molecule has 0 radical (unpaired) electrons. The molecule has 0 aliphatic rings. The predicted molar refractivity (Wildman–Crippen MR) is 133 cm³/mol. The molecule has 190 valence electrons. The number of hydrogen-bond acceptors (Lipinski definition) is 8. The molecule has 37 heavy (non-hydrogen) atoms. The van der Waals surface area contributed by atoms with E-state index in [0.29, 0.717) is 41.0 Å². The highest BCUT2D eigenvalue weighted by molar-refractivity contribution is 6.07. The van der Waals surface area contributed by atoms with Crippen molar-refractivity contribution in [3.63, 3.8) is 0 Å². The Labute approximate surface area is 208 Å². The maximum atomic E-state index is 13.5. The number of carbonyl (C=O) groups excluding carboxylic acids is 2. The van der Waals surface area contributed by atoms with Crippen LogP contribution < -0.4 is 21.7 Å². The van der Waals surface area contributed by atoms with Gasteiger partial charge in [-0.2, -0.15) is 9.49 Å². The first-order valence-electron chi connectivity index (χ1n) is 10.8. The van der Waals surface area contributed by atoms with E-state index >= 15 is 0 Å². The normalized spacial score (nSPS) is 10.8. The molecule has 4 aromatic rings. The van der Waals surface area contributed by atoms with Crippen LogP contribution >= 0.6 is 0 Å². The van der Waals surface area contributed by atoms with Crippen molar-refractivity contribution < 1.29 is 23.6 Å². The van der Waals surface area contributed by atoms with E-state index in [9.17, 15) is 24.1 Å². The van der Waals surface area contributed by atoms with Crippen LogP contribution in [0, 0.1) is 15.9 Å². The van der Waals surface area contributed by atoms with Gasteiger partial charge in [-0.1, -0.05) is 12.1 Å². The fraction of sp³-hybridized carbons (Fsp3) is 0.130. The number of carbonyl (C=O) groups is 2. The van der Waals surface area contributed by atoms with Crippen molar-refractivity contribution in [2.24, 2.45) is 0 Å². The Morgan fingerprint density at radius 3 is 2.57 bits per heavy atom. The number of nitro groups is 1. The SMILES string of the molecule is COCCNC(=O)c1cn2ncnc(N)c2c1-c1ccc(NC(=O)Nc2ccc(F)c([N+](=O)[O-])c2)cc1. The van der Waals surface area contributed by atoms with Crippen LogP contribution in [-0.4, -0.2) is 51.7 Å². The second-order valence-electron chi connectivity index (χ2n) is 7.68. The van der Waals surface area contributed by atoms with Gasteiger partial charge in [0.15, 0.2) is 5.82 Å². The van der Waals surface area contributed by atoms with E-state index in [-0.39, 0.29) is 17.4 Å². The molecule has 2 heterocycles. The molecule has 14 heteroatoms. The van der Waals surface area contributed by atoms with Gasteiger partial charge >= 0.3 is 11.7 Å². The molecule has 0 saturated heterocycles. The number of urea groups is 1. The molecule has 5 N–H and O–H groups in total. The number of methoxy groups -OCH3 is 1. The highest BCUT2D eigenvalue weighted by atomic mass is 19.1. The average molecular weight is 508 g/mol. The van der Waals surface area contributed by atoms with Crippen molar-refractivity contribution in [3.05, 3.63) is 76.5 Å². The highest BCUT2D eigenvalue weighted by Gasteiger charge is 2.21. The molecule has 0 spiro atoms. The lowest BCUT2D eigenvalue weighted by atomic mass is 10.0. The fourth-order valence-corrected chi connectivity index (χ4v) is 3.61. The summed E-state index contributed by atoms with van der Waals surface area (Å²) in [5.74, 6) is -1.19. The van der Waals surface area contributed by atoms with Crippen LogP contribution in [0.2, 0.25) is 0 Å². The van der Waals surface area contributed by atoms with Crippen LogP contribution in [0.1, 0.15) is 10.4 Å². The molecule has 0 aliphatic carbocycles. The summed E-state index contributed by atoms with van der Waals surface area (Å²) >= 11 is 0. The summed E-state index contributed by atoms with van der Waals surface area (Å²) in [6.07, 6.45) is 2.83. The summed E-state index contributed by atoms with van der Waals surface area (Å²) in [5, 5.41) is 22.8. The number of fused-ring (bicyclic) bond motifs is 1. The topological polar surface area (TPSA) is 179 Å². The summed E-state index contributed by atoms with van der Waals surface area (Å²) in [4.78, 5) is 39.3. The van der Waals surface area contributed by atoms with E-state index in [1.165, 1.54) is 24.0 Å². The van der Waals surface area contributed by atoms with Gasteiger partial charge in [0.1, 0.15) is 11.8 Å². The third kappa shape index (κ3) is 5.43. The largest absolute Gasteiger partial charge is 0.383 e. The van der Waals surface area contributed by atoms with Gasteiger partial charge < -0.3 is 26.4 Å². The van der Waals surface area contributed by atoms with E-state index in [4.69, 9.17) is 10.5 Å². The Morgan fingerprint density at radius 2 is 1.86 bits per heavy atom. The zero-order valence-electron chi connectivity index (χ0n) is 19.4. The van der Waals surface area contributed by atoms with Crippen molar-refractivity contribution in [2.45, 2.75) is 0 Å². The van der Waals surface area contributed by atoms with Crippen molar-refractivity contribution in [1.82, 2.24) is 19.9 Å². The molecule has 0 fully saturated rings. The number of hydrogen-bond donors (Lipinski definition) is 4. The second kappa shape index (κ2) is 10.7. The van der Waals surface area contributed by atoms with Crippen LogP contribution in [-0.2, 0) is 4.74 Å². The Bertz CT molecular complexity index is 1490. The average Bonchev–Trinajstić information content (AvgIpc) is 3.27. The van der Waals surface area contributed by atoms with Gasteiger partial charge in [0.2, 0.25) is 5.82 Å². The summed E-state index contributed by atoms with van der Waals surface area (Å²) in [5.41, 5.74) is 7.63. The number of amides is 3. The van der Waals surface area contributed by atoms with Gasteiger partial charge in [-0.05, 0) is 29.8 Å². The molecule has 13 nitrogen and oxygen atoms in total. The van der Waals surface area contributed by atoms with Crippen molar-refractivity contribution in [2.75, 3.05) is 36.6 Å². The number of benzene rings is 2. The number of rotatable bonds is 8. The zero-order valence-corrected chi connectivity index (χ0v) is 19.4. The number of halogens is 1. The minimum Gasteiger partial charge on any atom is -0.383 e. The van der Waals surface area contributed by atoms with E-state index < -0.39 is 22.5 Å². The van der Waals surface area contributed by atoms with Gasteiger partial charge in [-0.3, -0.25) is 14.9 Å².